The van der Waals surface area contributed by atoms with Crippen molar-refractivity contribution in [3.8, 4) is 0 Å². The number of carbonyl (C=O) groups is 1. The van der Waals surface area contributed by atoms with Crippen LogP contribution in [0.25, 0.3) is 0 Å². The van der Waals surface area contributed by atoms with E-state index < -0.39 is 0 Å². The number of carbonyl (C=O) groups excluding carboxylic acids is 1. The molecule has 2 rings (SSSR count). The zero-order valence-electron chi connectivity index (χ0n) is 10.4. The van der Waals surface area contributed by atoms with Gasteiger partial charge in [-0.3, -0.25) is 4.79 Å². The van der Waals surface area contributed by atoms with Gasteiger partial charge in [-0.25, -0.2) is 4.98 Å². The number of anilines is 1. The summed E-state index contributed by atoms with van der Waals surface area (Å²) >= 11 is 0. The van der Waals surface area contributed by atoms with E-state index in [4.69, 9.17) is 0 Å². The Morgan fingerprint density at radius 2 is 2.11 bits per heavy atom. The minimum Gasteiger partial charge on any atom is -0.385 e. The molecular formula is C14H17N3O. The fourth-order valence-electron chi connectivity index (χ4n) is 1.74. The first-order chi connectivity index (χ1) is 8.79. The average molecular weight is 243 g/mol. The number of rotatable bonds is 6. The molecule has 94 valence electrons. The molecule has 2 aromatic rings. The Labute approximate surface area is 106 Å². The lowest BCUT2D eigenvalue weighted by Gasteiger charge is -2.06. The number of hydrogen-bond donors (Lipinski definition) is 2. The normalized spacial score (nSPS) is 10.3. The van der Waals surface area contributed by atoms with Crippen molar-refractivity contribution in [2.75, 3.05) is 11.9 Å². The molecule has 4 heteroatoms. The second kappa shape index (κ2) is 6.00. The highest BCUT2D eigenvalue weighted by Crippen LogP contribution is 2.11. The summed E-state index contributed by atoms with van der Waals surface area (Å²) in [5, 5.41) is 3.31. The second-order valence-electron chi connectivity index (χ2n) is 4.11. The monoisotopic (exact) mass is 243 g/mol. The molecule has 1 aromatic carbocycles. The molecule has 1 aromatic heterocycles. The Hall–Kier alpha value is -2.10. The summed E-state index contributed by atoms with van der Waals surface area (Å²) in [5.74, 6) is 0.180. The van der Waals surface area contributed by atoms with E-state index >= 15 is 0 Å². The van der Waals surface area contributed by atoms with Crippen LogP contribution in [0.15, 0.2) is 36.8 Å². The van der Waals surface area contributed by atoms with Crippen molar-refractivity contribution >= 4 is 11.5 Å². The highest BCUT2D eigenvalue weighted by molar-refractivity contribution is 5.96. The second-order valence-corrected chi connectivity index (χ2v) is 4.11. The minimum atomic E-state index is 0.180. The first-order valence-electron chi connectivity index (χ1n) is 6.14. The summed E-state index contributed by atoms with van der Waals surface area (Å²) in [4.78, 5) is 18.5. The molecule has 0 fully saturated rings. The Bertz CT molecular complexity index is 488. The average Bonchev–Trinajstić information content (AvgIpc) is 2.92. The molecule has 0 spiro atoms. The van der Waals surface area contributed by atoms with Crippen LogP contribution in [-0.4, -0.2) is 22.3 Å². The van der Waals surface area contributed by atoms with Crippen molar-refractivity contribution in [3.63, 3.8) is 0 Å². The van der Waals surface area contributed by atoms with Crippen LogP contribution in [0, 0.1) is 0 Å². The third-order valence-corrected chi connectivity index (χ3v) is 2.81. The predicted molar refractivity (Wildman–Crippen MR) is 71.8 cm³/mol. The van der Waals surface area contributed by atoms with E-state index in [2.05, 4.69) is 15.3 Å². The lowest BCUT2D eigenvalue weighted by Crippen LogP contribution is -2.05. The topological polar surface area (TPSA) is 57.8 Å². The molecule has 1 heterocycles. The quantitative estimate of drug-likeness (QED) is 0.767. The molecule has 2 N–H and O–H groups in total. The maximum absolute atomic E-state index is 11.5. The number of benzene rings is 1. The number of nitrogens with one attached hydrogen (secondary N) is 2. The maximum atomic E-state index is 11.5. The third kappa shape index (κ3) is 3.20. The van der Waals surface area contributed by atoms with Crippen molar-refractivity contribution in [3.05, 3.63) is 48.0 Å². The number of hydrogen-bond acceptors (Lipinski definition) is 3. The number of aromatic amines is 1. The molecule has 0 unspecified atom stereocenters. The Kier molecular flexibility index (Phi) is 4.12. The number of nitrogens with zero attached hydrogens (tertiary/aromatic N) is 1. The van der Waals surface area contributed by atoms with Crippen LogP contribution < -0.4 is 5.32 Å². The fraction of sp³-hybridized carbons (Fsp3) is 0.286. The van der Waals surface area contributed by atoms with E-state index in [1.54, 1.807) is 6.33 Å². The number of imidazole rings is 1. The zero-order valence-corrected chi connectivity index (χ0v) is 10.4. The number of H-pyrrole nitrogens is 1. The maximum Gasteiger partial charge on any atom is 0.162 e. The van der Waals surface area contributed by atoms with E-state index in [0.29, 0.717) is 6.42 Å². The number of aromatic nitrogens is 2. The van der Waals surface area contributed by atoms with E-state index in [0.717, 1.165) is 29.9 Å². The van der Waals surface area contributed by atoms with E-state index in [9.17, 15) is 4.79 Å². The molecule has 0 aliphatic rings. The predicted octanol–water partition coefficient (Wildman–Crippen LogP) is 2.66. The van der Waals surface area contributed by atoms with Gasteiger partial charge in [-0.2, -0.15) is 0 Å². The van der Waals surface area contributed by atoms with Crippen LogP contribution in [0.2, 0.25) is 0 Å². The van der Waals surface area contributed by atoms with Gasteiger partial charge in [0.2, 0.25) is 0 Å². The van der Waals surface area contributed by atoms with E-state index in [1.807, 2.05) is 37.4 Å². The summed E-state index contributed by atoms with van der Waals surface area (Å²) in [5.41, 5.74) is 2.92. The van der Waals surface area contributed by atoms with Crippen molar-refractivity contribution in [1.82, 2.24) is 9.97 Å². The van der Waals surface area contributed by atoms with E-state index in [-0.39, 0.29) is 5.78 Å². The first kappa shape index (κ1) is 12.4. The fourth-order valence-corrected chi connectivity index (χ4v) is 1.74. The third-order valence-electron chi connectivity index (χ3n) is 2.81. The van der Waals surface area contributed by atoms with Gasteiger partial charge < -0.3 is 10.3 Å². The highest BCUT2D eigenvalue weighted by Gasteiger charge is 2.02. The largest absolute Gasteiger partial charge is 0.385 e. The standard InChI is InChI=1S/C14H17N3O/c1-2-14(18)11-3-5-12(6-4-11)16-8-7-13-9-15-10-17-13/h3-6,9-10,16H,2,7-8H2,1H3,(H,15,17). The molecule has 0 saturated carbocycles. The van der Waals surface area contributed by atoms with Gasteiger partial charge in [0, 0.05) is 42.5 Å². The molecule has 0 aliphatic heterocycles. The van der Waals surface area contributed by atoms with Gasteiger partial charge in [0.25, 0.3) is 0 Å². The van der Waals surface area contributed by atoms with Crippen LogP contribution in [0.5, 0.6) is 0 Å². The molecular weight excluding hydrogens is 226 g/mol. The van der Waals surface area contributed by atoms with E-state index in [1.165, 1.54) is 0 Å². The first-order valence-corrected chi connectivity index (χ1v) is 6.14. The van der Waals surface area contributed by atoms with Gasteiger partial charge in [-0.05, 0) is 24.3 Å². The van der Waals surface area contributed by atoms with Gasteiger partial charge in [0.05, 0.1) is 6.33 Å². The summed E-state index contributed by atoms with van der Waals surface area (Å²) < 4.78 is 0. The van der Waals surface area contributed by atoms with Gasteiger partial charge >= 0.3 is 0 Å². The lowest BCUT2D eigenvalue weighted by atomic mass is 10.1. The molecule has 0 atom stereocenters. The van der Waals surface area contributed by atoms with Crippen molar-refractivity contribution in [2.24, 2.45) is 0 Å². The molecule has 0 radical (unpaired) electrons. The molecule has 4 nitrogen and oxygen atoms in total. The Balaban J connectivity index is 1.85. The molecule has 0 amide bonds. The van der Waals surface area contributed by atoms with Gasteiger partial charge in [-0.1, -0.05) is 6.92 Å². The van der Waals surface area contributed by atoms with Crippen LogP contribution in [-0.2, 0) is 6.42 Å². The number of ketones is 1. The smallest absolute Gasteiger partial charge is 0.162 e. The van der Waals surface area contributed by atoms with Crippen molar-refractivity contribution < 1.29 is 4.79 Å². The summed E-state index contributed by atoms with van der Waals surface area (Å²) in [6.45, 7) is 2.71. The van der Waals surface area contributed by atoms with Crippen LogP contribution in [0.1, 0.15) is 29.4 Å². The van der Waals surface area contributed by atoms with Gasteiger partial charge in [0.15, 0.2) is 5.78 Å². The van der Waals surface area contributed by atoms with Crippen molar-refractivity contribution in [1.29, 1.82) is 0 Å². The molecule has 18 heavy (non-hydrogen) atoms. The van der Waals surface area contributed by atoms with Gasteiger partial charge in [0.1, 0.15) is 0 Å². The highest BCUT2D eigenvalue weighted by atomic mass is 16.1. The van der Waals surface area contributed by atoms with Crippen LogP contribution in [0.4, 0.5) is 5.69 Å². The summed E-state index contributed by atoms with van der Waals surface area (Å²) in [6, 6.07) is 7.61. The zero-order chi connectivity index (χ0) is 12.8. The molecule has 0 saturated heterocycles. The molecule has 0 aliphatic carbocycles. The lowest BCUT2D eigenvalue weighted by molar-refractivity contribution is 0.0988. The van der Waals surface area contributed by atoms with Crippen molar-refractivity contribution in [2.45, 2.75) is 19.8 Å². The molecule has 0 bridgehead atoms. The minimum absolute atomic E-state index is 0.180. The van der Waals surface area contributed by atoms with Crippen LogP contribution >= 0.6 is 0 Å². The number of Topliss-reactive ketones (excluding diaryl/α,β-unsaturated/α-hetero) is 1. The Morgan fingerprint density at radius 3 is 2.72 bits per heavy atom. The SMILES string of the molecule is CCC(=O)c1ccc(NCCc2cnc[nH]2)cc1. The summed E-state index contributed by atoms with van der Waals surface area (Å²) in [7, 11) is 0. The van der Waals surface area contributed by atoms with Crippen LogP contribution in [0.3, 0.4) is 0 Å². The Morgan fingerprint density at radius 1 is 1.33 bits per heavy atom. The summed E-state index contributed by atoms with van der Waals surface area (Å²) in [6.07, 6.45) is 4.95. The van der Waals surface area contributed by atoms with Gasteiger partial charge in [-0.15, -0.1) is 0 Å².